The van der Waals surface area contributed by atoms with Crippen LogP contribution in [-0.2, 0) is 9.53 Å². The van der Waals surface area contributed by atoms with E-state index in [2.05, 4.69) is 19.2 Å². The highest BCUT2D eigenvalue weighted by Gasteiger charge is 2.53. The van der Waals surface area contributed by atoms with Crippen LogP contribution in [0.25, 0.3) is 0 Å². The number of nitrogens with two attached hydrogens (primary N) is 1. The summed E-state index contributed by atoms with van der Waals surface area (Å²) in [6.07, 6.45) is 7.28. The van der Waals surface area contributed by atoms with Gasteiger partial charge in [-0.25, -0.2) is 0 Å². The fourth-order valence-corrected chi connectivity index (χ4v) is 4.29. The van der Waals surface area contributed by atoms with Gasteiger partial charge in [-0.05, 0) is 38.0 Å². The van der Waals surface area contributed by atoms with Gasteiger partial charge in [-0.15, -0.1) is 0 Å². The van der Waals surface area contributed by atoms with Gasteiger partial charge in [-0.3, -0.25) is 4.79 Å². The lowest BCUT2D eigenvalue weighted by atomic mass is 9.58. The topological polar surface area (TPSA) is 64.4 Å². The maximum absolute atomic E-state index is 12.3. The molecule has 4 nitrogen and oxygen atoms in total. The van der Waals surface area contributed by atoms with Gasteiger partial charge in [0.25, 0.3) is 0 Å². The molecule has 2 aliphatic carbocycles. The van der Waals surface area contributed by atoms with E-state index >= 15 is 0 Å². The first kappa shape index (κ1) is 15.8. The van der Waals surface area contributed by atoms with Crippen LogP contribution in [0.4, 0.5) is 0 Å². The van der Waals surface area contributed by atoms with Crippen LogP contribution in [-0.4, -0.2) is 31.2 Å². The lowest BCUT2D eigenvalue weighted by Crippen LogP contribution is -2.64. The van der Waals surface area contributed by atoms with Crippen molar-refractivity contribution in [3.05, 3.63) is 0 Å². The maximum Gasteiger partial charge on any atom is 0.220 e. The van der Waals surface area contributed by atoms with Crippen molar-refractivity contribution >= 4 is 5.91 Å². The van der Waals surface area contributed by atoms with Crippen molar-refractivity contribution in [1.29, 1.82) is 0 Å². The van der Waals surface area contributed by atoms with Crippen LogP contribution < -0.4 is 11.1 Å². The van der Waals surface area contributed by atoms with E-state index in [1.165, 1.54) is 6.42 Å². The molecule has 4 atom stereocenters. The number of methoxy groups -OCH3 is 1. The number of carbonyl (C=O) groups excluding carboxylic acids is 1. The van der Waals surface area contributed by atoms with E-state index in [4.69, 9.17) is 10.5 Å². The molecule has 0 saturated heterocycles. The monoisotopic (exact) mass is 282 g/mol. The van der Waals surface area contributed by atoms with Crippen LogP contribution in [0, 0.1) is 11.3 Å². The van der Waals surface area contributed by atoms with E-state index in [9.17, 15) is 4.79 Å². The molecule has 0 radical (unpaired) electrons. The van der Waals surface area contributed by atoms with E-state index in [0.717, 1.165) is 32.1 Å². The molecule has 2 saturated carbocycles. The second kappa shape index (κ2) is 6.44. The molecular formula is C16H30N2O2. The van der Waals surface area contributed by atoms with E-state index in [-0.39, 0.29) is 29.5 Å². The lowest BCUT2D eigenvalue weighted by molar-refractivity contribution is -0.142. The van der Waals surface area contributed by atoms with Crippen molar-refractivity contribution in [2.75, 3.05) is 7.11 Å². The van der Waals surface area contributed by atoms with Crippen LogP contribution in [0.2, 0.25) is 0 Å². The van der Waals surface area contributed by atoms with Crippen molar-refractivity contribution < 1.29 is 9.53 Å². The number of rotatable bonds is 6. The highest BCUT2D eigenvalue weighted by Crippen LogP contribution is 2.48. The number of hydrogen-bond acceptors (Lipinski definition) is 3. The average molecular weight is 282 g/mol. The Morgan fingerprint density at radius 1 is 1.35 bits per heavy atom. The van der Waals surface area contributed by atoms with Crippen LogP contribution in [0.3, 0.4) is 0 Å². The minimum absolute atomic E-state index is 0.127. The fourth-order valence-electron chi connectivity index (χ4n) is 4.29. The molecule has 2 unspecified atom stereocenters. The zero-order chi connectivity index (χ0) is 14.8. The van der Waals surface area contributed by atoms with E-state index in [0.29, 0.717) is 12.3 Å². The number of carbonyl (C=O) groups is 1. The molecule has 0 aliphatic heterocycles. The molecule has 116 valence electrons. The lowest BCUT2D eigenvalue weighted by Gasteiger charge is -2.55. The van der Waals surface area contributed by atoms with E-state index < -0.39 is 0 Å². The van der Waals surface area contributed by atoms with Gasteiger partial charge in [-0.1, -0.05) is 20.3 Å². The third-order valence-corrected chi connectivity index (χ3v) is 5.89. The molecule has 2 aliphatic rings. The molecule has 3 N–H and O–H groups in total. The first-order valence-corrected chi connectivity index (χ1v) is 8.15. The largest absolute Gasteiger partial charge is 0.381 e. The van der Waals surface area contributed by atoms with Crippen molar-refractivity contribution in [1.82, 2.24) is 5.32 Å². The third-order valence-electron chi connectivity index (χ3n) is 5.89. The summed E-state index contributed by atoms with van der Waals surface area (Å²) < 4.78 is 5.57. The number of amides is 1. The molecule has 0 aromatic heterocycles. The van der Waals surface area contributed by atoms with Crippen molar-refractivity contribution in [3.8, 4) is 0 Å². The minimum atomic E-state index is 0.127. The van der Waals surface area contributed by atoms with Crippen LogP contribution in [0.5, 0.6) is 0 Å². The van der Waals surface area contributed by atoms with Crippen LogP contribution >= 0.6 is 0 Å². The zero-order valence-corrected chi connectivity index (χ0v) is 13.2. The standard InChI is InChI=1S/C16H30N2O2/c1-4-16(5-2)13(10-14(16)20-3)18-15(19)9-11-7-6-8-12(11)17/h11-14H,4-10,17H2,1-3H3,(H,18,19)/t11-,12+,13?,14?/m0/s1. The average Bonchev–Trinajstić information content (AvgIpc) is 2.81. The Hall–Kier alpha value is -0.610. The van der Waals surface area contributed by atoms with Crippen LogP contribution in [0.1, 0.15) is 58.8 Å². The Morgan fingerprint density at radius 2 is 2.05 bits per heavy atom. The van der Waals surface area contributed by atoms with Gasteiger partial charge < -0.3 is 15.8 Å². The molecule has 20 heavy (non-hydrogen) atoms. The predicted molar refractivity (Wildman–Crippen MR) is 80.3 cm³/mol. The Balaban J connectivity index is 1.88. The van der Waals surface area contributed by atoms with Crippen molar-refractivity contribution in [2.45, 2.75) is 77.0 Å². The van der Waals surface area contributed by atoms with Gasteiger partial charge in [0.05, 0.1) is 6.10 Å². The van der Waals surface area contributed by atoms with Gasteiger partial charge >= 0.3 is 0 Å². The number of ether oxygens (including phenoxy) is 1. The van der Waals surface area contributed by atoms with Crippen LogP contribution in [0.15, 0.2) is 0 Å². The highest BCUT2D eigenvalue weighted by atomic mass is 16.5. The Morgan fingerprint density at radius 3 is 2.55 bits per heavy atom. The fraction of sp³-hybridized carbons (Fsp3) is 0.938. The summed E-state index contributed by atoms with van der Waals surface area (Å²) >= 11 is 0. The van der Waals surface area contributed by atoms with Crippen molar-refractivity contribution in [2.24, 2.45) is 17.1 Å². The summed E-state index contributed by atoms with van der Waals surface area (Å²) in [6, 6.07) is 0.489. The summed E-state index contributed by atoms with van der Waals surface area (Å²) in [4.78, 5) is 12.3. The second-order valence-corrected chi connectivity index (χ2v) is 6.58. The predicted octanol–water partition coefficient (Wildman–Crippen LogP) is 2.21. The Bertz CT molecular complexity index is 341. The highest BCUT2D eigenvalue weighted by molar-refractivity contribution is 5.77. The number of hydrogen-bond donors (Lipinski definition) is 2. The van der Waals surface area contributed by atoms with Gasteiger partial charge in [0, 0.05) is 31.0 Å². The van der Waals surface area contributed by atoms with E-state index in [1.54, 1.807) is 7.11 Å². The molecule has 4 heteroatoms. The second-order valence-electron chi connectivity index (χ2n) is 6.58. The summed E-state index contributed by atoms with van der Waals surface area (Å²) in [7, 11) is 1.78. The smallest absolute Gasteiger partial charge is 0.220 e. The Kier molecular flexibility index (Phi) is 5.08. The molecule has 0 aromatic rings. The molecule has 0 bridgehead atoms. The molecule has 1 amide bonds. The molecule has 0 heterocycles. The van der Waals surface area contributed by atoms with Gasteiger partial charge in [0.1, 0.15) is 0 Å². The van der Waals surface area contributed by atoms with E-state index in [1.807, 2.05) is 0 Å². The molecule has 2 fully saturated rings. The molecule has 0 spiro atoms. The summed E-state index contributed by atoms with van der Waals surface area (Å²) in [5, 5.41) is 3.25. The Labute approximate surface area is 122 Å². The minimum Gasteiger partial charge on any atom is -0.381 e. The first-order valence-electron chi connectivity index (χ1n) is 8.15. The summed E-state index contributed by atoms with van der Waals surface area (Å²) in [5.74, 6) is 0.559. The normalized spacial score (nSPS) is 35.6. The quantitative estimate of drug-likeness (QED) is 0.785. The molecular weight excluding hydrogens is 252 g/mol. The maximum atomic E-state index is 12.3. The van der Waals surface area contributed by atoms with Gasteiger partial charge in [0.2, 0.25) is 5.91 Å². The summed E-state index contributed by atoms with van der Waals surface area (Å²) in [5.41, 5.74) is 6.18. The molecule has 2 rings (SSSR count). The number of nitrogens with one attached hydrogen (secondary N) is 1. The van der Waals surface area contributed by atoms with Gasteiger partial charge in [0.15, 0.2) is 0 Å². The van der Waals surface area contributed by atoms with Gasteiger partial charge in [-0.2, -0.15) is 0 Å². The van der Waals surface area contributed by atoms with Crippen molar-refractivity contribution in [3.63, 3.8) is 0 Å². The third kappa shape index (κ3) is 2.73. The SMILES string of the molecule is CCC1(CC)C(NC(=O)C[C@@H]2CCC[C@H]2N)CC1OC. The zero-order valence-electron chi connectivity index (χ0n) is 13.2. The molecule has 0 aromatic carbocycles. The first-order chi connectivity index (χ1) is 9.57. The summed E-state index contributed by atoms with van der Waals surface area (Å²) in [6.45, 7) is 4.39.